The molecule has 2 aromatic carbocycles. The maximum Gasteiger partial charge on any atom is 0.421 e. The Morgan fingerprint density at radius 2 is 1.73 bits per heavy atom. The lowest BCUT2D eigenvalue weighted by atomic mass is 9.95. The molecule has 1 N–H and O–H groups in total. The highest BCUT2D eigenvalue weighted by atomic mass is 32.2. The topological polar surface area (TPSA) is 95.0 Å². The summed E-state index contributed by atoms with van der Waals surface area (Å²) >= 11 is 5.24. The predicted octanol–water partition coefficient (Wildman–Crippen LogP) is 4.10. The summed E-state index contributed by atoms with van der Waals surface area (Å²) < 4.78 is 108. The third-order valence-corrected chi connectivity index (χ3v) is 11.2. The smallest absolute Gasteiger partial charge is 0.376 e. The Labute approximate surface area is 235 Å². The Hall–Kier alpha value is -2.65. The number of rotatable bonds is 7. The van der Waals surface area contributed by atoms with E-state index in [9.17, 15) is 39.5 Å². The van der Waals surface area contributed by atoms with Gasteiger partial charge in [0.1, 0.15) is 5.82 Å². The number of piperazine rings is 1. The highest BCUT2D eigenvalue weighted by Gasteiger charge is 2.51. The molecule has 0 bridgehead atoms. The van der Waals surface area contributed by atoms with E-state index in [1.165, 1.54) is 30.3 Å². The zero-order valence-corrected chi connectivity index (χ0v) is 23.6. The lowest BCUT2D eigenvalue weighted by molar-refractivity contribution is -0.258. The number of alkyl halides is 3. The first-order valence-electron chi connectivity index (χ1n) is 12.1. The highest BCUT2D eigenvalue weighted by molar-refractivity contribution is 7.96. The molecule has 0 unspecified atom stereocenters. The number of allylic oxidation sites excluding steroid dienone is 4. The van der Waals surface area contributed by atoms with E-state index in [0.717, 1.165) is 28.6 Å². The summed E-state index contributed by atoms with van der Waals surface area (Å²) in [4.78, 5) is 1.47. The first-order chi connectivity index (χ1) is 18.5. The summed E-state index contributed by atoms with van der Waals surface area (Å²) in [6, 6.07) is 8.23. The molecule has 7 nitrogen and oxygen atoms in total. The number of thiocarbonyl (C=S) groups is 1. The molecule has 1 heterocycles. The number of benzene rings is 2. The van der Waals surface area contributed by atoms with Crippen LogP contribution in [0.25, 0.3) is 0 Å². The summed E-state index contributed by atoms with van der Waals surface area (Å²) in [6.07, 6.45) is 0.0124. The molecule has 2 atom stereocenters. The van der Waals surface area contributed by atoms with Gasteiger partial charge in [0, 0.05) is 36.6 Å². The zero-order chi connectivity index (χ0) is 29.5. The normalized spacial score (nSPS) is 20.8. The molecule has 1 aliphatic carbocycles. The quantitative estimate of drug-likeness (QED) is 0.369. The van der Waals surface area contributed by atoms with Crippen LogP contribution in [0.5, 0.6) is 0 Å². The molecule has 1 aliphatic heterocycles. The fraction of sp³-hybridized carbons (Fsp3) is 0.346. The van der Waals surface area contributed by atoms with E-state index in [0.29, 0.717) is 12.6 Å². The first kappa shape index (κ1) is 30.3. The third-order valence-electron chi connectivity index (χ3n) is 6.91. The second-order valence-corrected chi connectivity index (χ2v) is 14.1. The number of hydrogen-bond acceptors (Lipinski definition) is 7. The van der Waals surface area contributed by atoms with Crippen molar-refractivity contribution in [2.24, 2.45) is 0 Å². The zero-order valence-electron chi connectivity index (χ0n) is 21.2. The SMILES string of the molecule is C[C@](O)(c1ccc(N2CCN(S(=O)(=O)C3=CC=CCC3=S)C[C@@H]2CS(=O)(=O)c2cccc(F)c2)cc1)C(F)(F)F. The molecule has 1 saturated heterocycles. The maximum absolute atomic E-state index is 13.8. The number of halogens is 4. The largest absolute Gasteiger partial charge is 0.421 e. The minimum Gasteiger partial charge on any atom is -0.376 e. The molecule has 0 spiro atoms. The number of nitrogens with zero attached hydrogens (tertiary/aromatic N) is 2. The van der Waals surface area contributed by atoms with Crippen molar-refractivity contribution in [3.05, 3.63) is 83.0 Å². The molecule has 14 heteroatoms. The van der Waals surface area contributed by atoms with E-state index >= 15 is 0 Å². The lowest BCUT2D eigenvalue weighted by Crippen LogP contribution is -2.57. The maximum atomic E-state index is 13.8. The van der Waals surface area contributed by atoms with Crippen LogP contribution >= 0.6 is 12.2 Å². The Kier molecular flexibility index (Phi) is 8.31. The molecular weight excluding hydrogens is 592 g/mol. The van der Waals surface area contributed by atoms with Gasteiger partial charge in [0.25, 0.3) is 0 Å². The summed E-state index contributed by atoms with van der Waals surface area (Å²) in [6.45, 7) is 0.306. The van der Waals surface area contributed by atoms with Crippen molar-refractivity contribution in [2.75, 3.05) is 30.3 Å². The standard InChI is InChI=1S/C26H26F4N2O5S3/c1-25(33,26(28,29)30)18-9-11-20(12-10-18)32-14-13-31(40(36,37)24-8-3-2-7-23(24)38)16-21(32)17-39(34,35)22-6-4-5-19(27)15-22/h2-6,8-12,15,21,33H,7,13-14,16-17H2,1H3/t21-,25+/m1/s1. The van der Waals surface area contributed by atoms with Crippen LogP contribution in [-0.2, 0) is 25.5 Å². The molecule has 2 aromatic rings. The Balaban J connectivity index is 1.69. The van der Waals surface area contributed by atoms with Gasteiger partial charge in [-0.15, -0.1) is 0 Å². The van der Waals surface area contributed by atoms with Crippen molar-refractivity contribution in [2.45, 2.75) is 36.1 Å². The van der Waals surface area contributed by atoms with Crippen molar-refractivity contribution in [1.82, 2.24) is 4.31 Å². The molecule has 40 heavy (non-hydrogen) atoms. The van der Waals surface area contributed by atoms with Gasteiger partial charge in [-0.1, -0.05) is 42.6 Å². The summed E-state index contributed by atoms with van der Waals surface area (Å²) in [5, 5.41) is 10.0. The number of aliphatic hydroxyl groups is 1. The fourth-order valence-electron chi connectivity index (χ4n) is 4.57. The third kappa shape index (κ3) is 6.00. The van der Waals surface area contributed by atoms with Gasteiger partial charge >= 0.3 is 6.18 Å². The van der Waals surface area contributed by atoms with Gasteiger partial charge in [-0.2, -0.15) is 17.5 Å². The van der Waals surface area contributed by atoms with Crippen LogP contribution in [0.2, 0.25) is 0 Å². The van der Waals surface area contributed by atoms with Gasteiger partial charge in [-0.05, 0) is 48.9 Å². The van der Waals surface area contributed by atoms with Crippen LogP contribution in [0, 0.1) is 5.82 Å². The molecule has 2 aliphatic rings. The Morgan fingerprint density at radius 1 is 1.05 bits per heavy atom. The molecule has 0 amide bonds. The molecule has 1 fully saturated rings. The number of hydrogen-bond donors (Lipinski definition) is 1. The molecule has 0 saturated carbocycles. The van der Waals surface area contributed by atoms with Gasteiger partial charge in [0.2, 0.25) is 10.0 Å². The molecular formula is C26H26F4N2O5S3. The highest BCUT2D eigenvalue weighted by Crippen LogP contribution is 2.39. The van der Waals surface area contributed by atoms with Crippen molar-refractivity contribution in [3.8, 4) is 0 Å². The lowest BCUT2D eigenvalue weighted by Gasteiger charge is -2.42. The van der Waals surface area contributed by atoms with E-state index in [1.54, 1.807) is 17.1 Å². The summed E-state index contributed by atoms with van der Waals surface area (Å²) in [5.74, 6) is -1.36. The second-order valence-electron chi connectivity index (χ2n) is 9.65. The minimum atomic E-state index is -4.93. The van der Waals surface area contributed by atoms with E-state index in [2.05, 4.69) is 0 Å². The van der Waals surface area contributed by atoms with Crippen molar-refractivity contribution in [3.63, 3.8) is 0 Å². The fourth-order valence-corrected chi connectivity index (χ4v) is 8.20. The molecule has 4 rings (SSSR count). The average Bonchev–Trinajstić information content (AvgIpc) is 2.88. The number of anilines is 1. The predicted molar refractivity (Wildman–Crippen MR) is 147 cm³/mol. The van der Waals surface area contributed by atoms with Gasteiger partial charge in [-0.3, -0.25) is 0 Å². The Morgan fingerprint density at radius 3 is 2.33 bits per heavy atom. The van der Waals surface area contributed by atoms with Gasteiger partial charge < -0.3 is 10.0 Å². The first-order valence-corrected chi connectivity index (χ1v) is 15.6. The molecule has 0 aromatic heterocycles. The second kappa shape index (κ2) is 11.0. The average molecular weight is 619 g/mol. The van der Waals surface area contributed by atoms with Gasteiger partial charge in [0.05, 0.1) is 21.6 Å². The van der Waals surface area contributed by atoms with E-state index in [4.69, 9.17) is 12.2 Å². The van der Waals surface area contributed by atoms with Gasteiger partial charge in [-0.25, -0.2) is 21.2 Å². The number of sulfone groups is 1. The minimum absolute atomic E-state index is 0.00740. The van der Waals surface area contributed by atoms with Crippen LogP contribution in [-0.4, -0.2) is 68.7 Å². The monoisotopic (exact) mass is 618 g/mol. The van der Waals surface area contributed by atoms with Crippen LogP contribution in [0.15, 0.2) is 76.6 Å². The molecule has 0 radical (unpaired) electrons. The molecule has 216 valence electrons. The van der Waals surface area contributed by atoms with Crippen LogP contribution < -0.4 is 4.90 Å². The summed E-state index contributed by atoms with van der Waals surface area (Å²) in [5.41, 5.74) is -3.20. The van der Waals surface area contributed by atoms with Crippen molar-refractivity contribution < 1.29 is 39.5 Å². The van der Waals surface area contributed by atoms with Gasteiger partial charge in [0.15, 0.2) is 15.4 Å². The Bertz CT molecular complexity index is 1570. The van der Waals surface area contributed by atoms with Crippen molar-refractivity contribution >= 4 is 42.6 Å². The van der Waals surface area contributed by atoms with Crippen molar-refractivity contribution in [1.29, 1.82) is 0 Å². The van der Waals surface area contributed by atoms with E-state index in [-0.39, 0.29) is 40.7 Å². The summed E-state index contributed by atoms with van der Waals surface area (Å²) in [7, 11) is -8.20. The van der Waals surface area contributed by atoms with Crippen LogP contribution in [0.3, 0.4) is 0 Å². The van der Waals surface area contributed by atoms with Crippen LogP contribution in [0.4, 0.5) is 23.2 Å². The van der Waals surface area contributed by atoms with Crippen LogP contribution in [0.1, 0.15) is 18.9 Å². The van der Waals surface area contributed by atoms with E-state index in [1.807, 2.05) is 0 Å². The number of sulfonamides is 1. The van der Waals surface area contributed by atoms with E-state index < -0.39 is 54.8 Å².